The van der Waals surface area contributed by atoms with Gasteiger partial charge in [-0.15, -0.1) is 0 Å². The molecule has 0 amide bonds. The van der Waals surface area contributed by atoms with Crippen molar-refractivity contribution in [3.8, 4) is 0 Å². The molecule has 2 nitrogen and oxygen atoms in total. The predicted molar refractivity (Wildman–Crippen MR) is 76.1 cm³/mol. The van der Waals surface area contributed by atoms with Crippen molar-refractivity contribution >= 4 is 45.1 Å². The molecule has 3 fully saturated rings. The maximum Gasteiger partial charge on any atom is 0.146 e. The van der Waals surface area contributed by atoms with E-state index in [1.54, 1.807) is 0 Å². The molecule has 0 bridgehead atoms. The minimum absolute atomic E-state index is 0.500. The summed E-state index contributed by atoms with van der Waals surface area (Å²) in [5, 5.41) is 1.33. The largest absolute Gasteiger partial charge is 0.353 e. The SMILES string of the molecule is C1COCO1.C1CSCS1.C1CSSC1. The number of rotatable bonds is 0. The van der Waals surface area contributed by atoms with Crippen molar-refractivity contribution in [1.29, 1.82) is 0 Å². The summed E-state index contributed by atoms with van der Waals surface area (Å²) in [6.07, 6.45) is 1.43. The van der Waals surface area contributed by atoms with Gasteiger partial charge >= 0.3 is 0 Å². The van der Waals surface area contributed by atoms with Crippen LogP contribution in [0.1, 0.15) is 6.42 Å². The van der Waals surface area contributed by atoms with Crippen LogP contribution in [0.3, 0.4) is 0 Å². The molecule has 0 aromatic heterocycles. The first kappa shape index (κ1) is 14.4. The van der Waals surface area contributed by atoms with Crippen LogP contribution in [0.4, 0.5) is 0 Å². The van der Waals surface area contributed by atoms with Gasteiger partial charge in [-0.25, -0.2) is 0 Å². The van der Waals surface area contributed by atoms with E-state index in [1.807, 2.05) is 45.1 Å². The Morgan fingerprint density at radius 1 is 0.733 bits per heavy atom. The van der Waals surface area contributed by atoms with E-state index in [2.05, 4.69) is 0 Å². The van der Waals surface area contributed by atoms with Gasteiger partial charge in [0.05, 0.1) is 13.2 Å². The normalized spacial score (nSPS) is 24.0. The lowest BCUT2D eigenvalue weighted by Crippen LogP contribution is -1.79. The maximum atomic E-state index is 4.72. The first-order valence-electron chi connectivity index (χ1n) is 5.05. The molecule has 3 aliphatic heterocycles. The molecule has 0 saturated carbocycles. The fourth-order valence-electron chi connectivity index (χ4n) is 0.884. The molecule has 3 aliphatic rings. The van der Waals surface area contributed by atoms with Crippen LogP contribution in [0.2, 0.25) is 0 Å². The van der Waals surface area contributed by atoms with E-state index in [-0.39, 0.29) is 0 Å². The van der Waals surface area contributed by atoms with Crippen molar-refractivity contribution in [1.82, 2.24) is 0 Å². The van der Waals surface area contributed by atoms with E-state index in [4.69, 9.17) is 9.47 Å². The summed E-state index contributed by atoms with van der Waals surface area (Å²) >= 11 is 4.07. The second kappa shape index (κ2) is 11.8. The van der Waals surface area contributed by atoms with Crippen LogP contribution < -0.4 is 0 Å². The Bertz CT molecular complexity index is 78.7. The summed E-state index contributed by atoms with van der Waals surface area (Å²) in [5.41, 5.74) is 0. The Hall–Kier alpha value is 1.32. The van der Waals surface area contributed by atoms with Crippen molar-refractivity contribution in [2.24, 2.45) is 0 Å². The Kier molecular flexibility index (Phi) is 11.3. The monoisotopic (exact) mass is 286 g/mol. The minimum atomic E-state index is 0.500. The molecule has 0 aromatic rings. The first-order chi connectivity index (χ1) is 7.50. The second-order valence-electron chi connectivity index (χ2n) is 2.87. The van der Waals surface area contributed by atoms with Gasteiger partial charge in [0.2, 0.25) is 0 Å². The van der Waals surface area contributed by atoms with Crippen molar-refractivity contribution in [2.45, 2.75) is 6.42 Å². The van der Waals surface area contributed by atoms with Crippen molar-refractivity contribution in [3.63, 3.8) is 0 Å². The van der Waals surface area contributed by atoms with Crippen molar-refractivity contribution in [2.75, 3.05) is 48.1 Å². The summed E-state index contributed by atoms with van der Waals surface area (Å²) in [7, 11) is 3.98. The highest BCUT2D eigenvalue weighted by atomic mass is 33.1. The summed E-state index contributed by atoms with van der Waals surface area (Å²) in [5.74, 6) is 5.52. The summed E-state index contributed by atoms with van der Waals surface area (Å²) < 4.78 is 9.44. The topological polar surface area (TPSA) is 18.5 Å². The third-order valence-electron chi connectivity index (χ3n) is 1.62. The third kappa shape index (κ3) is 10.2. The van der Waals surface area contributed by atoms with Gasteiger partial charge < -0.3 is 9.47 Å². The molecule has 0 aliphatic carbocycles. The fraction of sp³-hybridized carbons (Fsp3) is 1.00. The molecule has 0 N–H and O–H groups in total. The summed E-state index contributed by atoms with van der Waals surface area (Å²) in [6.45, 7) is 2.06. The predicted octanol–water partition coefficient (Wildman–Crippen LogP) is 3.19. The van der Waals surface area contributed by atoms with E-state index >= 15 is 0 Å². The Morgan fingerprint density at radius 2 is 1.33 bits per heavy atom. The zero-order chi connectivity index (χ0) is 10.6. The van der Waals surface area contributed by atoms with Crippen LogP contribution in [0.5, 0.6) is 0 Å². The Labute approximate surface area is 109 Å². The zero-order valence-corrected chi connectivity index (χ0v) is 12.1. The van der Waals surface area contributed by atoms with E-state index in [1.165, 1.54) is 34.5 Å². The second-order valence-corrected chi connectivity index (χ2v) is 8.14. The van der Waals surface area contributed by atoms with Gasteiger partial charge in [0.25, 0.3) is 0 Å². The summed E-state index contributed by atoms with van der Waals surface area (Å²) in [6, 6.07) is 0. The maximum absolute atomic E-state index is 4.72. The Morgan fingerprint density at radius 3 is 1.53 bits per heavy atom. The lowest BCUT2D eigenvalue weighted by Gasteiger charge is -1.76. The van der Waals surface area contributed by atoms with E-state index in [0.29, 0.717) is 6.79 Å². The third-order valence-corrected chi connectivity index (χ3v) is 6.77. The first-order valence-corrected chi connectivity index (χ1v) is 9.85. The van der Waals surface area contributed by atoms with Gasteiger partial charge in [0.15, 0.2) is 0 Å². The highest BCUT2D eigenvalue weighted by molar-refractivity contribution is 8.77. The van der Waals surface area contributed by atoms with Crippen LogP contribution in [0.25, 0.3) is 0 Å². The molecule has 90 valence electrons. The van der Waals surface area contributed by atoms with Gasteiger partial charge in [-0.1, -0.05) is 21.6 Å². The van der Waals surface area contributed by atoms with Crippen LogP contribution >= 0.6 is 45.1 Å². The van der Waals surface area contributed by atoms with Crippen LogP contribution in [-0.2, 0) is 9.47 Å². The van der Waals surface area contributed by atoms with Crippen LogP contribution in [0.15, 0.2) is 0 Å². The van der Waals surface area contributed by atoms with Crippen molar-refractivity contribution in [3.05, 3.63) is 0 Å². The van der Waals surface area contributed by atoms with Gasteiger partial charge in [0.1, 0.15) is 6.79 Å². The van der Waals surface area contributed by atoms with Gasteiger partial charge in [-0.05, 0) is 6.42 Å². The van der Waals surface area contributed by atoms with Gasteiger partial charge in [-0.2, -0.15) is 23.5 Å². The number of ether oxygens (including phenoxy) is 2. The molecule has 15 heavy (non-hydrogen) atoms. The minimum Gasteiger partial charge on any atom is -0.353 e. The van der Waals surface area contributed by atoms with E-state index in [0.717, 1.165) is 13.2 Å². The fourth-order valence-corrected chi connectivity index (χ4v) is 5.60. The molecule has 0 aromatic carbocycles. The molecule has 3 saturated heterocycles. The van der Waals surface area contributed by atoms with E-state index in [9.17, 15) is 0 Å². The molecular weight excluding hydrogens is 268 g/mol. The Balaban J connectivity index is 0.000000112. The number of hydrogen-bond donors (Lipinski definition) is 0. The number of thioether (sulfide) groups is 2. The van der Waals surface area contributed by atoms with Gasteiger partial charge in [-0.3, -0.25) is 0 Å². The van der Waals surface area contributed by atoms with Crippen LogP contribution in [-0.4, -0.2) is 48.1 Å². The lowest BCUT2D eigenvalue weighted by atomic mass is 10.6. The molecular formula is C9H18O2S4. The molecule has 3 heterocycles. The van der Waals surface area contributed by atoms with Crippen molar-refractivity contribution < 1.29 is 9.47 Å². The molecule has 0 unspecified atom stereocenters. The highest BCUT2D eigenvalue weighted by Gasteiger charge is 1.96. The zero-order valence-electron chi connectivity index (χ0n) is 8.81. The molecule has 0 spiro atoms. The smallest absolute Gasteiger partial charge is 0.146 e. The quantitative estimate of drug-likeness (QED) is 0.632. The van der Waals surface area contributed by atoms with Gasteiger partial charge in [0, 0.05) is 28.1 Å². The van der Waals surface area contributed by atoms with Crippen LogP contribution in [0, 0.1) is 0 Å². The molecule has 6 heteroatoms. The summed E-state index contributed by atoms with van der Waals surface area (Å²) in [4.78, 5) is 0. The molecule has 0 radical (unpaired) electrons. The molecule has 0 atom stereocenters. The van der Waals surface area contributed by atoms with E-state index < -0.39 is 0 Å². The average Bonchev–Trinajstić information content (AvgIpc) is 3.09. The number of hydrogen-bond acceptors (Lipinski definition) is 6. The average molecular weight is 287 g/mol. The highest BCUT2D eigenvalue weighted by Crippen LogP contribution is 2.29. The lowest BCUT2D eigenvalue weighted by molar-refractivity contribution is 0.0692. The molecule has 3 rings (SSSR count). The standard InChI is InChI=1S/C3H6O2.2C3H6S2/c2*1-2-5-3-4-1;1-2-4-5-3-1/h3*1-3H2.